The third-order valence-electron chi connectivity index (χ3n) is 5.61. The minimum atomic E-state index is -5.08. The quantitative estimate of drug-likeness (QED) is 0.137. The highest BCUT2D eigenvalue weighted by atomic mass is 19.4. The number of rotatable bonds is 9. The fourth-order valence-corrected chi connectivity index (χ4v) is 3.53. The summed E-state index contributed by atoms with van der Waals surface area (Å²) in [5.41, 5.74) is 3.14. The molecule has 3 rings (SSSR count). The van der Waals surface area contributed by atoms with Gasteiger partial charge in [-0.1, -0.05) is 6.92 Å². The number of halogens is 6. The van der Waals surface area contributed by atoms with Crippen LogP contribution in [0.4, 0.5) is 32.0 Å². The third-order valence-corrected chi connectivity index (χ3v) is 5.61. The number of aliphatic carboxylic acids is 2. The lowest BCUT2D eigenvalue weighted by Gasteiger charge is -2.19. The number of nitrogens with one attached hydrogen (secondary N) is 3. The second kappa shape index (κ2) is 17.6. The molecule has 3 aromatic rings. The molecule has 0 radical (unpaired) electrons. The van der Waals surface area contributed by atoms with Gasteiger partial charge in [0, 0.05) is 30.3 Å². The maximum Gasteiger partial charge on any atom is 0.490 e. The minimum absolute atomic E-state index is 0.258. The zero-order valence-electron chi connectivity index (χ0n) is 26.3. The van der Waals surface area contributed by atoms with Crippen molar-refractivity contribution in [3.63, 3.8) is 0 Å². The van der Waals surface area contributed by atoms with E-state index in [4.69, 9.17) is 29.3 Å². The van der Waals surface area contributed by atoms with Crippen LogP contribution in [-0.4, -0.2) is 69.1 Å². The standard InChI is InChI=1S/C26H32N4O4.2C2HF3O2/c1-6-20-22(24(31)29-15-17-11-13-27-14-12-17)21(30-23(20)25(32)34-26(2,3)4)16-28-18-7-9-19(33-5)10-8-18;2*3-2(4,5)1(6)7/h7-14,28,30H,6,15-16H2,1-5H3,(H,29,31);2*(H,6,7). The maximum absolute atomic E-state index is 13.3. The van der Waals surface area contributed by atoms with Crippen molar-refractivity contribution in [1.29, 1.82) is 0 Å². The Kier molecular flexibility index (Phi) is 14.9. The topological polar surface area (TPSA) is 180 Å². The molecule has 264 valence electrons. The number of aromatic amines is 1. The highest BCUT2D eigenvalue weighted by Gasteiger charge is 2.39. The van der Waals surface area contributed by atoms with Crippen molar-refractivity contribution < 1.29 is 65.2 Å². The largest absolute Gasteiger partial charge is 0.497 e. The van der Waals surface area contributed by atoms with Gasteiger partial charge < -0.3 is 35.3 Å². The summed E-state index contributed by atoms with van der Waals surface area (Å²) in [5.74, 6) is -5.50. The lowest BCUT2D eigenvalue weighted by Crippen LogP contribution is -2.26. The van der Waals surface area contributed by atoms with Gasteiger partial charge in [0.1, 0.15) is 17.0 Å². The molecule has 0 saturated carbocycles. The predicted molar refractivity (Wildman–Crippen MR) is 158 cm³/mol. The Balaban J connectivity index is 0.000000687. The molecule has 0 fully saturated rings. The second-order valence-electron chi connectivity index (χ2n) is 10.4. The van der Waals surface area contributed by atoms with Gasteiger partial charge in [0.05, 0.1) is 19.2 Å². The SMILES string of the molecule is CCc1c(C(=O)OC(C)(C)C)[nH]c(CNc2ccc(OC)cc2)c1C(=O)NCc1ccncc1.O=C(O)C(F)(F)F.O=C(O)C(F)(F)F. The maximum atomic E-state index is 13.3. The Morgan fingerprint density at radius 1 is 0.854 bits per heavy atom. The monoisotopic (exact) mass is 692 g/mol. The Morgan fingerprint density at radius 2 is 1.35 bits per heavy atom. The van der Waals surface area contributed by atoms with Gasteiger partial charge in [0.25, 0.3) is 5.91 Å². The first-order valence-electron chi connectivity index (χ1n) is 13.7. The Bertz CT molecular complexity index is 1490. The van der Waals surface area contributed by atoms with E-state index >= 15 is 0 Å². The molecule has 48 heavy (non-hydrogen) atoms. The molecule has 5 N–H and O–H groups in total. The average molecular weight is 693 g/mol. The molecular formula is C30H34F6N4O8. The smallest absolute Gasteiger partial charge is 0.490 e. The normalized spacial score (nSPS) is 11.1. The van der Waals surface area contributed by atoms with Crippen LogP contribution in [0.1, 0.15) is 65.4 Å². The molecule has 1 amide bonds. The van der Waals surface area contributed by atoms with E-state index in [2.05, 4.69) is 20.6 Å². The van der Waals surface area contributed by atoms with Crippen LogP contribution in [0.5, 0.6) is 5.75 Å². The average Bonchev–Trinajstić information content (AvgIpc) is 3.37. The number of benzene rings is 1. The molecule has 0 aliphatic carbocycles. The van der Waals surface area contributed by atoms with Crippen LogP contribution in [0.2, 0.25) is 0 Å². The van der Waals surface area contributed by atoms with Crippen LogP contribution in [0, 0.1) is 0 Å². The summed E-state index contributed by atoms with van der Waals surface area (Å²) < 4.78 is 74.3. The highest BCUT2D eigenvalue weighted by molar-refractivity contribution is 6.01. The van der Waals surface area contributed by atoms with Gasteiger partial charge in [-0.15, -0.1) is 0 Å². The number of amides is 1. The summed E-state index contributed by atoms with van der Waals surface area (Å²) in [4.78, 5) is 51.2. The zero-order chi connectivity index (χ0) is 36.9. The van der Waals surface area contributed by atoms with Crippen molar-refractivity contribution in [2.75, 3.05) is 12.4 Å². The van der Waals surface area contributed by atoms with E-state index in [0.717, 1.165) is 17.0 Å². The van der Waals surface area contributed by atoms with Crippen LogP contribution in [0.25, 0.3) is 0 Å². The molecule has 1 aromatic carbocycles. The van der Waals surface area contributed by atoms with Crippen molar-refractivity contribution in [1.82, 2.24) is 15.3 Å². The molecule has 18 heteroatoms. The molecule has 0 saturated heterocycles. The number of carbonyl (C=O) groups excluding carboxylic acids is 2. The van der Waals surface area contributed by atoms with Crippen molar-refractivity contribution in [3.05, 3.63) is 76.9 Å². The van der Waals surface area contributed by atoms with Crippen LogP contribution in [0.3, 0.4) is 0 Å². The van der Waals surface area contributed by atoms with Crippen molar-refractivity contribution in [2.24, 2.45) is 0 Å². The van der Waals surface area contributed by atoms with Gasteiger partial charge in [-0.2, -0.15) is 26.3 Å². The lowest BCUT2D eigenvalue weighted by molar-refractivity contribution is -0.193. The fraction of sp³-hybridized carbons (Fsp3) is 0.367. The van der Waals surface area contributed by atoms with E-state index in [9.17, 15) is 35.9 Å². The predicted octanol–water partition coefficient (Wildman–Crippen LogP) is 5.74. The number of hydrogen-bond donors (Lipinski definition) is 5. The first-order chi connectivity index (χ1) is 22.1. The number of carboxylic acid groups (broad SMARTS) is 2. The van der Waals surface area contributed by atoms with E-state index in [0.29, 0.717) is 42.0 Å². The number of alkyl halides is 6. The van der Waals surface area contributed by atoms with Gasteiger partial charge in [0.2, 0.25) is 0 Å². The number of anilines is 1. The van der Waals surface area contributed by atoms with Gasteiger partial charge in [-0.25, -0.2) is 14.4 Å². The van der Waals surface area contributed by atoms with E-state index in [-0.39, 0.29) is 5.91 Å². The number of ether oxygens (including phenoxy) is 2. The molecular weight excluding hydrogens is 658 g/mol. The van der Waals surface area contributed by atoms with Crippen LogP contribution in [-0.2, 0) is 33.8 Å². The van der Waals surface area contributed by atoms with Crippen molar-refractivity contribution >= 4 is 29.5 Å². The number of pyridine rings is 1. The van der Waals surface area contributed by atoms with Gasteiger partial charge in [-0.3, -0.25) is 9.78 Å². The second-order valence-corrected chi connectivity index (χ2v) is 10.4. The molecule has 0 atom stereocenters. The summed E-state index contributed by atoms with van der Waals surface area (Å²) >= 11 is 0. The number of methoxy groups -OCH3 is 1. The van der Waals surface area contributed by atoms with Crippen molar-refractivity contribution in [2.45, 2.75) is 65.2 Å². The highest BCUT2D eigenvalue weighted by Crippen LogP contribution is 2.25. The minimum Gasteiger partial charge on any atom is -0.497 e. The van der Waals surface area contributed by atoms with Crippen LogP contribution < -0.4 is 15.4 Å². The number of esters is 1. The number of carbonyl (C=O) groups is 4. The molecule has 0 aliphatic rings. The molecule has 2 heterocycles. The van der Waals surface area contributed by atoms with E-state index in [1.54, 1.807) is 19.5 Å². The molecule has 0 unspecified atom stereocenters. The first kappa shape index (κ1) is 40.7. The number of hydrogen-bond acceptors (Lipinski definition) is 8. The summed E-state index contributed by atoms with van der Waals surface area (Å²) in [7, 11) is 1.61. The van der Waals surface area contributed by atoms with Crippen molar-refractivity contribution in [3.8, 4) is 5.75 Å². The molecule has 0 aliphatic heterocycles. The number of H-pyrrole nitrogens is 1. The lowest BCUT2D eigenvalue weighted by atomic mass is 10.0. The van der Waals surface area contributed by atoms with E-state index < -0.39 is 35.9 Å². The van der Waals surface area contributed by atoms with Gasteiger partial charge >= 0.3 is 30.3 Å². The summed E-state index contributed by atoms with van der Waals surface area (Å²) in [5, 5.41) is 20.5. The zero-order valence-corrected chi connectivity index (χ0v) is 26.3. The Hall–Kier alpha value is -5.29. The summed E-state index contributed by atoms with van der Waals surface area (Å²) in [6.45, 7) is 8.02. The van der Waals surface area contributed by atoms with E-state index in [1.807, 2.05) is 64.1 Å². The van der Waals surface area contributed by atoms with Gasteiger partial charge in [0.15, 0.2) is 0 Å². The van der Waals surface area contributed by atoms with Gasteiger partial charge in [-0.05, 0) is 74.7 Å². The molecule has 12 nitrogen and oxygen atoms in total. The van der Waals surface area contributed by atoms with Crippen LogP contribution in [0.15, 0.2) is 48.8 Å². The number of aromatic nitrogens is 2. The summed E-state index contributed by atoms with van der Waals surface area (Å²) in [6.07, 6.45) is -6.31. The Labute approximate surface area is 270 Å². The van der Waals surface area contributed by atoms with E-state index in [1.165, 1.54) is 0 Å². The number of nitrogens with zero attached hydrogens (tertiary/aromatic N) is 1. The Morgan fingerprint density at radius 3 is 1.77 bits per heavy atom. The molecule has 2 aromatic heterocycles. The molecule has 0 bridgehead atoms. The fourth-order valence-electron chi connectivity index (χ4n) is 3.53. The van der Waals surface area contributed by atoms with Crippen LogP contribution >= 0.6 is 0 Å². The number of carboxylic acids is 2. The molecule has 0 spiro atoms. The summed E-state index contributed by atoms with van der Waals surface area (Å²) in [6, 6.07) is 11.2. The first-order valence-corrected chi connectivity index (χ1v) is 13.7. The third kappa shape index (κ3) is 14.0.